The Hall–Kier alpha value is -0.860. The van der Waals surface area contributed by atoms with Crippen molar-refractivity contribution in [1.29, 1.82) is 0 Å². The summed E-state index contributed by atoms with van der Waals surface area (Å²) in [6.45, 7) is 11.4. The van der Waals surface area contributed by atoms with E-state index in [1.165, 1.54) is 16.7 Å². The quantitative estimate of drug-likeness (QED) is 0.854. The fourth-order valence-corrected chi connectivity index (χ4v) is 2.49. The van der Waals surface area contributed by atoms with E-state index in [4.69, 9.17) is 5.73 Å². The van der Waals surface area contributed by atoms with Crippen molar-refractivity contribution in [1.82, 2.24) is 0 Å². The molecule has 0 amide bonds. The van der Waals surface area contributed by atoms with Crippen LogP contribution in [0.1, 0.15) is 63.1 Å². The second kappa shape index (κ2) is 6.53. The summed E-state index contributed by atoms with van der Waals surface area (Å²) in [6, 6.07) is 6.73. The zero-order valence-corrected chi connectivity index (χ0v) is 13.0. The van der Waals surface area contributed by atoms with E-state index in [0.717, 1.165) is 12.8 Å². The molecule has 2 unspecified atom stereocenters. The van der Waals surface area contributed by atoms with Gasteiger partial charge in [0.1, 0.15) is 0 Å². The van der Waals surface area contributed by atoms with Gasteiger partial charge in [-0.05, 0) is 47.8 Å². The van der Waals surface area contributed by atoms with E-state index < -0.39 is 6.10 Å². The Morgan fingerprint density at radius 1 is 1.26 bits per heavy atom. The summed E-state index contributed by atoms with van der Waals surface area (Å²) >= 11 is 0. The summed E-state index contributed by atoms with van der Waals surface area (Å²) in [7, 11) is 0. The Kier molecular flexibility index (Phi) is 5.57. The average Bonchev–Trinajstić information content (AvgIpc) is 2.35. The van der Waals surface area contributed by atoms with Crippen molar-refractivity contribution in [3.63, 3.8) is 0 Å². The van der Waals surface area contributed by atoms with Crippen molar-refractivity contribution < 1.29 is 5.11 Å². The van der Waals surface area contributed by atoms with Crippen LogP contribution in [0.3, 0.4) is 0 Å². The highest BCUT2D eigenvalue weighted by Crippen LogP contribution is 2.32. The third-order valence-corrected chi connectivity index (χ3v) is 3.91. The Morgan fingerprint density at radius 3 is 2.37 bits per heavy atom. The first-order chi connectivity index (χ1) is 8.79. The third-order valence-electron chi connectivity index (χ3n) is 3.91. The van der Waals surface area contributed by atoms with E-state index in [0.29, 0.717) is 12.5 Å². The first-order valence-corrected chi connectivity index (χ1v) is 7.28. The van der Waals surface area contributed by atoms with Gasteiger partial charge in [0.2, 0.25) is 0 Å². The molecule has 0 bridgehead atoms. The van der Waals surface area contributed by atoms with E-state index in [-0.39, 0.29) is 5.41 Å². The molecule has 2 nitrogen and oxygen atoms in total. The van der Waals surface area contributed by atoms with Gasteiger partial charge in [0.15, 0.2) is 0 Å². The van der Waals surface area contributed by atoms with Crippen LogP contribution in [0.25, 0.3) is 0 Å². The highest BCUT2D eigenvalue weighted by atomic mass is 16.3. The van der Waals surface area contributed by atoms with Gasteiger partial charge in [-0.2, -0.15) is 0 Å². The summed E-state index contributed by atoms with van der Waals surface area (Å²) in [6.07, 6.45) is 1.38. The Bertz CT molecular complexity index is 406. The topological polar surface area (TPSA) is 46.2 Å². The molecule has 0 aliphatic carbocycles. The summed E-state index contributed by atoms with van der Waals surface area (Å²) in [5.41, 5.74) is 9.73. The van der Waals surface area contributed by atoms with E-state index in [1.54, 1.807) is 0 Å². The molecule has 0 heterocycles. The van der Waals surface area contributed by atoms with Crippen molar-refractivity contribution in [2.24, 2.45) is 5.73 Å². The number of aliphatic hydroxyl groups is 1. The molecule has 1 aromatic rings. The minimum absolute atomic E-state index is 0.160. The molecule has 2 heteroatoms. The molecule has 0 aliphatic heterocycles. The average molecular weight is 263 g/mol. The minimum Gasteiger partial charge on any atom is -0.392 e. The number of aliphatic hydroxyl groups excluding tert-OH is 1. The Labute approximate surface area is 118 Å². The van der Waals surface area contributed by atoms with E-state index >= 15 is 0 Å². The molecule has 0 saturated heterocycles. The van der Waals surface area contributed by atoms with Gasteiger partial charge < -0.3 is 10.8 Å². The molecule has 1 rings (SSSR count). The highest BCUT2D eigenvalue weighted by Gasteiger charge is 2.19. The largest absolute Gasteiger partial charge is 0.392 e. The maximum Gasteiger partial charge on any atom is 0.0668 e. The van der Waals surface area contributed by atoms with Crippen LogP contribution in [-0.4, -0.2) is 17.8 Å². The number of aryl methyl sites for hydroxylation is 1. The molecular weight excluding hydrogens is 234 g/mol. The molecule has 0 spiro atoms. The van der Waals surface area contributed by atoms with Gasteiger partial charge in [0.05, 0.1) is 6.10 Å². The molecular formula is C17H29NO. The number of nitrogens with two attached hydrogens (primary N) is 1. The molecule has 2 atom stereocenters. The van der Waals surface area contributed by atoms with E-state index in [1.807, 2.05) is 0 Å². The predicted octanol–water partition coefficient (Wildman–Crippen LogP) is 3.50. The fourth-order valence-electron chi connectivity index (χ4n) is 2.49. The molecule has 0 aliphatic rings. The summed E-state index contributed by atoms with van der Waals surface area (Å²) in [5.74, 6) is 0.390. The normalized spacial score (nSPS) is 15.3. The highest BCUT2D eigenvalue weighted by molar-refractivity contribution is 5.36. The van der Waals surface area contributed by atoms with Gasteiger partial charge in [-0.3, -0.25) is 0 Å². The van der Waals surface area contributed by atoms with Crippen molar-refractivity contribution >= 4 is 0 Å². The molecule has 0 fully saturated rings. The summed E-state index contributed by atoms with van der Waals surface area (Å²) in [5, 5.41) is 9.82. The summed E-state index contributed by atoms with van der Waals surface area (Å²) in [4.78, 5) is 0. The SMILES string of the molecule is CCC(CC(O)CN)c1cc(C(C)(C)C)ccc1C. The van der Waals surface area contributed by atoms with Crippen molar-refractivity contribution in [3.8, 4) is 0 Å². The van der Waals surface area contributed by atoms with Gasteiger partial charge in [-0.25, -0.2) is 0 Å². The van der Waals surface area contributed by atoms with Crippen LogP contribution in [-0.2, 0) is 5.41 Å². The molecule has 1 aromatic carbocycles. The lowest BCUT2D eigenvalue weighted by atomic mass is 9.81. The lowest BCUT2D eigenvalue weighted by molar-refractivity contribution is 0.162. The van der Waals surface area contributed by atoms with Gasteiger partial charge in [-0.1, -0.05) is 45.9 Å². The number of hydrogen-bond acceptors (Lipinski definition) is 2. The van der Waals surface area contributed by atoms with Crippen molar-refractivity contribution in [2.45, 2.75) is 64.9 Å². The van der Waals surface area contributed by atoms with Gasteiger partial charge in [0.25, 0.3) is 0 Å². The number of benzene rings is 1. The predicted molar refractivity (Wildman–Crippen MR) is 82.6 cm³/mol. The maximum atomic E-state index is 9.82. The van der Waals surface area contributed by atoms with Crippen LogP contribution in [0.5, 0.6) is 0 Å². The van der Waals surface area contributed by atoms with Crippen LogP contribution in [0.2, 0.25) is 0 Å². The van der Waals surface area contributed by atoms with Crippen LogP contribution in [0.15, 0.2) is 18.2 Å². The second-order valence-electron chi connectivity index (χ2n) is 6.55. The first kappa shape index (κ1) is 16.2. The van der Waals surface area contributed by atoms with Crippen LogP contribution in [0, 0.1) is 6.92 Å². The first-order valence-electron chi connectivity index (χ1n) is 7.28. The van der Waals surface area contributed by atoms with Crippen LogP contribution >= 0.6 is 0 Å². The van der Waals surface area contributed by atoms with E-state index in [9.17, 15) is 5.11 Å². The zero-order chi connectivity index (χ0) is 14.6. The molecule has 0 radical (unpaired) electrons. The fraction of sp³-hybridized carbons (Fsp3) is 0.647. The monoisotopic (exact) mass is 263 g/mol. The lowest BCUT2D eigenvalue weighted by Crippen LogP contribution is -2.22. The van der Waals surface area contributed by atoms with Crippen molar-refractivity contribution in [3.05, 3.63) is 34.9 Å². The van der Waals surface area contributed by atoms with Gasteiger partial charge in [0, 0.05) is 6.54 Å². The number of hydrogen-bond donors (Lipinski definition) is 2. The van der Waals surface area contributed by atoms with Crippen molar-refractivity contribution in [2.75, 3.05) is 6.54 Å². The Morgan fingerprint density at radius 2 is 1.89 bits per heavy atom. The lowest BCUT2D eigenvalue weighted by Gasteiger charge is -2.25. The van der Waals surface area contributed by atoms with Crippen LogP contribution in [0.4, 0.5) is 0 Å². The van der Waals surface area contributed by atoms with Gasteiger partial charge in [-0.15, -0.1) is 0 Å². The standard InChI is InChI=1S/C17H29NO/c1-6-13(9-15(19)11-18)16-10-14(17(3,4)5)8-7-12(16)2/h7-8,10,13,15,19H,6,9,11,18H2,1-5H3. The second-order valence-corrected chi connectivity index (χ2v) is 6.55. The third kappa shape index (κ3) is 4.32. The molecule has 19 heavy (non-hydrogen) atoms. The smallest absolute Gasteiger partial charge is 0.0668 e. The zero-order valence-electron chi connectivity index (χ0n) is 13.0. The molecule has 0 aromatic heterocycles. The Balaban J connectivity index is 3.09. The molecule has 3 N–H and O–H groups in total. The molecule has 108 valence electrons. The van der Waals surface area contributed by atoms with Gasteiger partial charge >= 0.3 is 0 Å². The molecule has 0 saturated carbocycles. The number of rotatable bonds is 5. The van der Waals surface area contributed by atoms with Crippen LogP contribution < -0.4 is 5.73 Å². The summed E-state index contributed by atoms with van der Waals surface area (Å²) < 4.78 is 0. The maximum absolute atomic E-state index is 9.82. The minimum atomic E-state index is -0.400. The van der Waals surface area contributed by atoms with E-state index in [2.05, 4.69) is 52.8 Å².